The number of carbonyl (C=O) groups is 2. The smallest absolute Gasteiger partial charge is 0.338 e. The Morgan fingerprint density at radius 2 is 1.89 bits per heavy atom. The number of hydrogen-bond acceptors (Lipinski definition) is 6. The number of sulfonamides is 1. The fourth-order valence-corrected chi connectivity index (χ4v) is 3.42. The molecule has 0 unspecified atom stereocenters. The third-order valence-electron chi connectivity index (χ3n) is 3.82. The number of carbonyl (C=O) groups excluding carboxylic acids is 2. The first-order valence-electron chi connectivity index (χ1n) is 8.55. The molecular weight excluding hydrogens is 368 g/mol. The van der Waals surface area contributed by atoms with Gasteiger partial charge in [-0.3, -0.25) is 9.78 Å². The Morgan fingerprint density at radius 1 is 1.15 bits per heavy atom. The van der Waals surface area contributed by atoms with Gasteiger partial charge in [-0.15, -0.1) is 0 Å². The van der Waals surface area contributed by atoms with Crippen molar-refractivity contribution in [2.75, 3.05) is 5.75 Å². The molecule has 8 heteroatoms. The standard InChI is InChI=1S/C19H22N2O5S/c1-3-4-11-27(24,25)21-18(22)15-9-10-16(20-12-15)13-26-19(23)17-8-6-5-7-14(17)2/h5-10,12H,3-4,11,13H2,1-2H3,(H,21,22). The summed E-state index contributed by atoms with van der Waals surface area (Å²) in [4.78, 5) is 28.1. The number of rotatable bonds is 8. The molecule has 0 saturated carbocycles. The van der Waals surface area contributed by atoms with E-state index in [1.807, 2.05) is 30.7 Å². The highest BCUT2D eigenvalue weighted by molar-refractivity contribution is 7.90. The van der Waals surface area contributed by atoms with E-state index >= 15 is 0 Å². The van der Waals surface area contributed by atoms with Gasteiger partial charge in [0, 0.05) is 6.20 Å². The number of aromatic nitrogens is 1. The van der Waals surface area contributed by atoms with Crippen LogP contribution in [0.15, 0.2) is 42.6 Å². The average Bonchev–Trinajstić information content (AvgIpc) is 2.65. The van der Waals surface area contributed by atoms with Gasteiger partial charge in [0.2, 0.25) is 10.0 Å². The Morgan fingerprint density at radius 3 is 2.52 bits per heavy atom. The van der Waals surface area contributed by atoms with E-state index in [9.17, 15) is 18.0 Å². The molecule has 0 fully saturated rings. The quantitative estimate of drug-likeness (QED) is 0.695. The maximum absolute atomic E-state index is 12.1. The first-order valence-corrected chi connectivity index (χ1v) is 10.2. The van der Waals surface area contributed by atoms with E-state index in [2.05, 4.69) is 4.98 Å². The van der Waals surface area contributed by atoms with Crippen LogP contribution >= 0.6 is 0 Å². The van der Waals surface area contributed by atoms with Crippen LogP contribution in [0.25, 0.3) is 0 Å². The summed E-state index contributed by atoms with van der Waals surface area (Å²) in [5, 5.41) is 0. The third kappa shape index (κ3) is 6.18. The summed E-state index contributed by atoms with van der Waals surface area (Å²) in [7, 11) is -3.65. The van der Waals surface area contributed by atoms with Gasteiger partial charge < -0.3 is 4.74 Å². The lowest BCUT2D eigenvalue weighted by molar-refractivity contribution is 0.0466. The number of amides is 1. The van der Waals surface area contributed by atoms with E-state index in [1.165, 1.54) is 18.3 Å². The molecule has 0 saturated heterocycles. The molecule has 1 aromatic carbocycles. The minimum Gasteiger partial charge on any atom is -0.456 e. The molecule has 0 radical (unpaired) electrons. The number of pyridine rings is 1. The number of aryl methyl sites for hydroxylation is 1. The molecule has 2 aromatic rings. The van der Waals surface area contributed by atoms with E-state index in [1.54, 1.807) is 12.1 Å². The Labute approximate surface area is 158 Å². The normalized spacial score (nSPS) is 11.0. The van der Waals surface area contributed by atoms with E-state index in [0.717, 1.165) is 5.56 Å². The molecule has 1 aromatic heterocycles. The van der Waals surface area contributed by atoms with E-state index in [-0.39, 0.29) is 17.9 Å². The molecule has 0 aliphatic carbocycles. The highest BCUT2D eigenvalue weighted by Gasteiger charge is 2.16. The fraction of sp³-hybridized carbons (Fsp3) is 0.316. The molecule has 7 nitrogen and oxygen atoms in total. The van der Waals surface area contributed by atoms with Crippen LogP contribution in [0.4, 0.5) is 0 Å². The predicted molar refractivity (Wildman–Crippen MR) is 101 cm³/mol. The summed E-state index contributed by atoms with van der Waals surface area (Å²) in [6.07, 6.45) is 2.44. The van der Waals surface area contributed by atoms with Crippen molar-refractivity contribution in [1.29, 1.82) is 0 Å². The molecular formula is C19H22N2O5S. The summed E-state index contributed by atoms with van der Waals surface area (Å²) < 4.78 is 30.8. The Hall–Kier alpha value is -2.74. The summed E-state index contributed by atoms with van der Waals surface area (Å²) >= 11 is 0. The zero-order chi connectivity index (χ0) is 19.9. The maximum Gasteiger partial charge on any atom is 0.338 e. The van der Waals surface area contributed by atoms with Crippen molar-refractivity contribution < 1.29 is 22.7 Å². The van der Waals surface area contributed by atoms with Gasteiger partial charge in [0.25, 0.3) is 5.91 Å². The summed E-state index contributed by atoms with van der Waals surface area (Å²) in [5.41, 5.74) is 1.85. The first-order chi connectivity index (χ1) is 12.8. The molecule has 2 rings (SSSR count). The zero-order valence-electron chi connectivity index (χ0n) is 15.3. The lowest BCUT2D eigenvalue weighted by Crippen LogP contribution is -2.32. The first kappa shape index (κ1) is 20.6. The second kappa shape index (κ2) is 9.27. The summed E-state index contributed by atoms with van der Waals surface area (Å²) in [6.45, 7) is 3.63. The largest absolute Gasteiger partial charge is 0.456 e. The minimum absolute atomic E-state index is 0.0517. The Balaban J connectivity index is 1.94. The van der Waals surface area contributed by atoms with Gasteiger partial charge in [0.05, 0.1) is 22.6 Å². The van der Waals surface area contributed by atoms with Gasteiger partial charge in [0.1, 0.15) is 6.61 Å². The van der Waals surface area contributed by atoms with Crippen molar-refractivity contribution in [3.8, 4) is 0 Å². The van der Waals surface area contributed by atoms with Crippen LogP contribution in [0.2, 0.25) is 0 Å². The van der Waals surface area contributed by atoms with Crippen molar-refractivity contribution in [2.45, 2.75) is 33.3 Å². The monoisotopic (exact) mass is 390 g/mol. The van der Waals surface area contributed by atoms with Crippen molar-refractivity contribution in [1.82, 2.24) is 9.71 Å². The Bertz CT molecular complexity index is 908. The van der Waals surface area contributed by atoms with Crippen LogP contribution < -0.4 is 4.72 Å². The number of esters is 1. The molecule has 1 N–H and O–H groups in total. The maximum atomic E-state index is 12.1. The fourth-order valence-electron chi connectivity index (χ4n) is 2.25. The molecule has 0 aliphatic heterocycles. The number of nitrogens with zero attached hydrogens (tertiary/aromatic N) is 1. The highest BCUT2D eigenvalue weighted by atomic mass is 32.2. The number of unbranched alkanes of at least 4 members (excludes halogenated alkanes) is 1. The van der Waals surface area contributed by atoms with Gasteiger partial charge >= 0.3 is 5.97 Å². The van der Waals surface area contributed by atoms with Crippen LogP contribution in [0.1, 0.15) is 51.7 Å². The average molecular weight is 390 g/mol. The summed E-state index contributed by atoms with van der Waals surface area (Å²) in [5.74, 6) is -1.30. The minimum atomic E-state index is -3.65. The van der Waals surface area contributed by atoms with Crippen LogP contribution in [0, 0.1) is 6.92 Å². The summed E-state index contributed by atoms with van der Waals surface area (Å²) in [6, 6.07) is 10.0. The molecule has 0 atom stereocenters. The number of ether oxygens (including phenoxy) is 1. The lowest BCUT2D eigenvalue weighted by atomic mass is 10.1. The van der Waals surface area contributed by atoms with Crippen LogP contribution in [0.3, 0.4) is 0 Å². The number of nitrogens with one attached hydrogen (secondary N) is 1. The van der Waals surface area contributed by atoms with Crippen LogP contribution in [-0.2, 0) is 21.4 Å². The SMILES string of the molecule is CCCCS(=O)(=O)NC(=O)c1ccc(COC(=O)c2ccccc2C)nc1. The second-order valence-electron chi connectivity index (χ2n) is 6.03. The molecule has 0 spiro atoms. The van der Waals surface area contributed by atoms with Crippen molar-refractivity contribution >= 4 is 21.9 Å². The van der Waals surface area contributed by atoms with Gasteiger partial charge in [-0.2, -0.15) is 0 Å². The van der Waals surface area contributed by atoms with E-state index in [0.29, 0.717) is 24.1 Å². The molecule has 1 heterocycles. The van der Waals surface area contributed by atoms with Crippen molar-refractivity contribution in [2.24, 2.45) is 0 Å². The second-order valence-corrected chi connectivity index (χ2v) is 7.87. The number of hydrogen-bond donors (Lipinski definition) is 1. The van der Waals surface area contributed by atoms with Crippen molar-refractivity contribution in [3.63, 3.8) is 0 Å². The van der Waals surface area contributed by atoms with Crippen LogP contribution in [-0.4, -0.2) is 31.0 Å². The predicted octanol–water partition coefficient (Wildman–Crippen LogP) is 2.61. The van der Waals surface area contributed by atoms with Crippen LogP contribution in [0.5, 0.6) is 0 Å². The molecule has 27 heavy (non-hydrogen) atoms. The van der Waals surface area contributed by atoms with Crippen molar-refractivity contribution in [3.05, 3.63) is 65.0 Å². The molecule has 0 bridgehead atoms. The van der Waals surface area contributed by atoms with Gasteiger partial charge in [0.15, 0.2) is 0 Å². The van der Waals surface area contributed by atoms with E-state index < -0.39 is 21.9 Å². The molecule has 0 aliphatic rings. The van der Waals surface area contributed by atoms with Gasteiger partial charge in [-0.05, 0) is 37.1 Å². The zero-order valence-corrected chi connectivity index (χ0v) is 16.1. The highest BCUT2D eigenvalue weighted by Crippen LogP contribution is 2.10. The molecule has 144 valence electrons. The van der Waals surface area contributed by atoms with E-state index in [4.69, 9.17) is 4.74 Å². The third-order valence-corrected chi connectivity index (χ3v) is 5.14. The number of benzene rings is 1. The van der Waals surface area contributed by atoms with Gasteiger partial charge in [-0.1, -0.05) is 31.5 Å². The topological polar surface area (TPSA) is 102 Å². The Kier molecular flexibility index (Phi) is 7.06. The lowest BCUT2D eigenvalue weighted by Gasteiger charge is -2.08. The molecule has 1 amide bonds. The van der Waals surface area contributed by atoms with Gasteiger partial charge in [-0.25, -0.2) is 17.9 Å².